The van der Waals surface area contributed by atoms with Crippen LogP contribution in [0.4, 0.5) is 0 Å². The highest BCUT2D eigenvalue weighted by Gasteiger charge is 2.38. The molecule has 1 fully saturated rings. The van der Waals surface area contributed by atoms with Gasteiger partial charge in [0.05, 0.1) is 0 Å². The maximum Gasteiger partial charge on any atom is 0.171 e. The molecule has 0 aliphatic heterocycles. The van der Waals surface area contributed by atoms with Gasteiger partial charge in [-0.3, -0.25) is 4.79 Å². The molecule has 2 nitrogen and oxygen atoms in total. The third kappa shape index (κ3) is 1.99. The predicted molar refractivity (Wildman–Crippen MR) is 63.2 cm³/mol. The summed E-state index contributed by atoms with van der Waals surface area (Å²) in [5, 5.41) is 3.90. The van der Waals surface area contributed by atoms with Gasteiger partial charge >= 0.3 is 0 Å². The van der Waals surface area contributed by atoms with Crippen LogP contribution < -0.4 is 5.73 Å². The first-order valence-corrected chi connectivity index (χ1v) is 6.50. The molecule has 1 aromatic heterocycles. The fraction of sp³-hybridized carbons (Fsp3) is 0.583. The fourth-order valence-corrected chi connectivity index (χ4v) is 3.09. The summed E-state index contributed by atoms with van der Waals surface area (Å²) in [6.45, 7) is 0.502. The van der Waals surface area contributed by atoms with Crippen molar-refractivity contribution in [3.8, 4) is 0 Å². The van der Waals surface area contributed by atoms with Crippen molar-refractivity contribution in [2.24, 2.45) is 11.1 Å². The van der Waals surface area contributed by atoms with E-state index < -0.39 is 0 Å². The van der Waals surface area contributed by atoms with Crippen LogP contribution in [0.25, 0.3) is 0 Å². The van der Waals surface area contributed by atoms with Gasteiger partial charge < -0.3 is 5.73 Å². The van der Waals surface area contributed by atoms with E-state index in [1.54, 1.807) is 11.3 Å². The lowest BCUT2D eigenvalue weighted by Crippen LogP contribution is -2.40. The molecule has 1 heterocycles. The highest BCUT2D eigenvalue weighted by atomic mass is 32.1. The van der Waals surface area contributed by atoms with Crippen molar-refractivity contribution < 1.29 is 4.79 Å². The zero-order valence-corrected chi connectivity index (χ0v) is 9.69. The Morgan fingerprint density at radius 2 is 2.13 bits per heavy atom. The van der Waals surface area contributed by atoms with Crippen molar-refractivity contribution >= 4 is 17.1 Å². The number of rotatable bonds is 3. The van der Waals surface area contributed by atoms with Gasteiger partial charge in [0.1, 0.15) is 0 Å². The quantitative estimate of drug-likeness (QED) is 0.801. The molecule has 1 aliphatic carbocycles. The van der Waals surface area contributed by atoms with E-state index in [-0.39, 0.29) is 11.2 Å². The molecule has 0 unspecified atom stereocenters. The van der Waals surface area contributed by atoms with Crippen LogP contribution in [0.15, 0.2) is 16.8 Å². The predicted octanol–water partition coefficient (Wildman–Crippen LogP) is 2.84. The number of hydrogen-bond acceptors (Lipinski definition) is 3. The Labute approximate surface area is 94.5 Å². The van der Waals surface area contributed by atoms with Gasteiger partial charge in [0.15, 0.2) is 5.78 Å². The first-order chi connectivity index (χ1) is 7.28. The maximum absolute atomic E-state index is 12.3. The summed E-state index contributed by atoms with van der Waals surface area (Å²) in [5.74, 6) is 0.269. The lowest BCUT2D eigenvalue weighted by molar-refractivity contribution is 0.0730. The molecule has 0 spiro atoms. The smallest absolute Gasteiger partial charge is 0.171 e. The van der Waals surface area contributed by atoms with E-state index in [2.05, 4.69) is 0 Å². The molecule has 82 valence electrons. The largest absolute Gasteiger partial charge is 0.329 e. The van der Waals surface area contributed by atoms with E-state index in [4.69, 9.17) is 5.73 Å². The van der Waals surface area contributed by atoms with Gasteiger partial charge in [-0.25, -0.2) is 0 Å². The van der Waals surface area contributed by atoms with Gasteiger partial charge in [-0.2, -0.15) is 11.3 Å². The molecule has 1 saturated carbocycles. The molecule has 1 aliphatic rings. The number of carbonyl (C=O) groups excluding carboxylic acids is 1. The highest BCUT2D eigenvalue weighted by molar-refractivity contribution is 7.08. The summed E-state index contributed by atoms with van der Waals surface area (Å²) in [4.78, 5) is 12.3. The third-order valence-electron chi connectivity index (χ3n) is 3.47. The van der Waals surface area contributed by atoms with Crippen LogP contribution in [0, 0.1) is 5.41 Å². The van der Waals surface area contributed by atoms with Gasteiger partial charge in [-0.05, 0) is 24.3 Å². The molecule has 0 aromatic carbocycles. The van der Waals surface area contributed by atoms with E-state index in [9.17, 15) is 4.79 Å². The standard InChI is InChI=1S/C12H17NOS/c13-9-12(5-2-1-3-6-12)11(14)10-4-7-15-8-10/h4,7-8H,1-3,5-6,9,13H2. The van der Waals surface area contributed by atoms with E-state index >= 15 is 0 Å². The minimum atomic E-state index is -0.251. The van der Waals surface area contributed by atoms with Gasteiger partial charge in [-0.15, -0.1) is 0 Å². The summed E-state index contributed by atoms with van der Waals surface area (Å²) in [5.41, 5.74) is 6.43. The van der Waals surface area contributed by atoms with Crippen molar-refractivity contribution in [3.63, 3.8) is 0 Å². The molecule has 0 bridgehead atoms. The van der Waals surface area contributed by atoms with Crippen molar-refractivity contribution in [2.75, 3.05) is 6.54 Å². The minimum absolute atomic E-state index is 0.251. The summed E-state index contributed by atoms with van der Waals surface area (Å²) < 4.78 is 0. The van der Waals surface area contributed by atoms with Gasteiger partial charge in [0, 0.05) is 22.9 Å². The maximum atomic E-state index is 12.3. The summed E-state index contributed by atoms with van der Waals surface area (Å²) in [6, 6.07) is 1.92. The molecule has 3 heteroatoms. The molecule has 15 heavy (non-hydrogen) atoms. The topological polar surface area (TPSA) is 43.1 Å². The monoisotopic (exact) mass is 223 g/mol. The molecule has 0 saturated heterocycles. The van der Waals surface area contributed by atoms with Crippen LogP contribution in [-0.4, -0.2) is 12.3 Å². The number of thiophene rings is 1. The first-order valence-electron chi connectivity index (χ1n) is 5.56. The second-order valence-electron chi connectivity index (χ2n) is 4.39. The zero-order chi connectivity index (χ0) is 10.7. The molecule has 0 atom stereocenters. The lowest BCUT2D eigenvalue weighted by Gasteiger charge is -2.34. The Balaban J connectivity index is 2.22. The van der Waals surface area contributed by atoms with Crippen LogP contribution in [-0.2, 0) is 0 Å². The number of Topliss-reactive ketones (excluding diaryl/α,β-unsaturated/α-hetero) is 1. The minimum Gasteiger partial charge on any atom is -0.329 e. The summed E-state index contributed by atoms with van der Waals surface area (Å²) >= 11 is 1.58. The van der Waals surface area contributed by atoms with Crippen molar-refractivity contribution in [1.29, 1.82) is 0 Å². The highest BCUT2D eigenvalue weighted by Crippen LogP contribution is 2.38. The molecule has 2 rings (SSSR count). The Hall–Kier alpha value is -0.670. The van der Waals surface area contributed by atoms with Crippen LogP contribution in [0.1, 0.15) is 42.5 Å². The second kappa shape index (κ2) is 4.45. The average molecular weight is 223 g/mol. The van der Waals surface area contributed by atoms with E-state index in [0.29, 0.717) is 6.54 Å². The van der Waals surface area contributed by atoms with Crippen LogP contribution in [0.3, 0.4) is 0 Å². The number of hydrogen-bond donors (Lipinski definition) is 1. The Bertz CT molecular complexity index is 325. The number of carbonyl (C=O) groups is 1. The van der Waals surface area contributed by atoms with Crippen molar-refractivity contribution in [3.05, 3.63) is 22.4 Å². The molecule has 1 aromatic rings. The van der Waals surface area contributed by atoms with Crippen LogP contribution in [0.2, 0.25) is 0 Å². The molecule has 0 radical (unpaired) electrons. The Morgan fingerprint density at radius 3 is 2.67 bits per heavy atom. The number of ketones is 1. The van der Waals surface area contributed by atoms with Crippen molar-refractivity contribution in [1.82, 2.24) is 0 Å². The van der Waals surface area contributed by atoms with Crippen molar-refractivity contribution in [2.45, 2.75) is 32.1 Å². The first kappa shape index (κ1) is 10.8. The van der Waals surface area contributed by atoms with Gasteiger partial charge in [0.25, 0.3) is 0 Å². The molecular formula is C12H17NOS. The normalized spacial score (nSPS) is 20.1. The van der Waals surface area contributed by atoms with Crippen LogP contribution in [0.5, 0.6) is 0 Å². The average Bonchev–Trinajstić information content (AvgIpc) is 2.82. The van der Waals surface area contributed by atoms with E-state index in [0.717, 1.165) is 31.2 Å². The van der Waals surface area contributed by atoms with E-state index in [1.165, 1.54) is 6.42 Å². The second-order valence-corrected chi connectivity index (χ2v) is 5.17. The van der Waals surface area contributed by atoms with Gasteiger partial charge in [0.2, 0.25) is 0 Å². The summed E-state index contributed by atoms with van der Waals surface area (Å²) in [7, 11) is 0. The molecule has 0 amide bonds. The zero-order valence-electron chi connectivity index (χ0n) is 8.87. The Kier molecular flexibility index (Phi) is 3.22. The SMILES string of the molecule is NCC1(C(=O)c2ccsc2)CCCCC1. The van der Waals surface area contributed by atoms with E-state index in [1.807, 2.05) is 16.8 Å². The molecule has 2 N–H and O–H groups in total. The Morgan fingerprint density at radius 1 is 1.40 bits per heavy atom. The van der Waals surface area contributed by atoms with Gasteiger partial charge in [-0.1, -0.05) is 19.3 Å². The third-order valence-corrected chi connectivity index (χ3v) is 4.15. The molecular weight excluding hydrogens is 206 g/mol. The number of nitrogens with two attached hydrogens (primary N) is 1. The van der Waals surface area contributed by atoms with Crippen LogP contribution >= 0.6 is 11.3 Å². The lowest BCUT2D eigenvalue weighted by atomic mass is 9.70. The summed E-state index contributed by atoms with van der Waals surface area (Å²) in [6.07, 6.45) is 5.48. The fourth-order valence-electron chi connectivity index (χ4n) is 2.45.